The molecule has 5 nitrogen and oxygen atoms in total. The molecule has 0 spiro atoms. The number of nitrogens with one attached hydrogen (secondary N) is 1. The summed E-state index contributed by atoms with van der Waals surface area (Å²) in [5.74, 6) is 0.342. The van der Waals surface area contributed by atoms with E-state index in [1.807, 2.05) is 25.1 Å². The van der Waals surface area contributed by atoms with E-state index in [1.54, 1.807) is 7.11 Å². The minimum atomic E-state index is -4.12. The molecule has 96 valence electrons. The summed E-state index contributed by atoms with van der Waals surface area (Å²) in [6, 6.07) is 5.67. The topological polar surface area (TPSA) is 78.5 Å². The largest absolute Gasteiger partial charge is 1.00 e. The number of anilines is 1. The number of benzene rings is 1. The van der Waals surface area contributed by atoms with Crippen LogP contribution in [0.5, 0.6) is 5.75 Å². The first-order valence-electron chi connectivity index (χ1n) is 5.24. The first-order valence-corrected chi connectivity index (χ1v) is 6.82. The van der Waals surface area contributed by atoms with Crippen molar-refractivity contribution in [3.8, 4) is 5.75 Å². The van der Waals surface area contributed by atoms with Crippen molar-refractivity contribution in [1.29, 1.82) is 0 Å². The summed E-state index contributed by atoms with van der Waals surface area (Å²) >= 11 is 0. The average Bonchev–Trinajstić information content (AvgIpc) is 2.23. The van der Waals surface area contributed by atoms with Gasteiger partial charge in [-0.05, 0) is 31.0 Å². The third-order valence-electron chi connectivity index (χ3n) is 2.24. The number of ether oxygens (including phenoxy) is 1. The Morgan fingerprint density at radius 3 is 2.61 bits per heavy atom. The first-order chi connectivity index (χ1) is 7.92. The maximum atomic E-state index is 10.4. The fourth-order valence-electron chi connectivity index (χ4n) is 1.43. The van der Waals surface area contributed by atoms with Crippen molar-refractivity contribution < 1.29 is 47.3 Å². The van der Waals surface area contributed by atoms with Crippen LogP contribution in [-0.4, -0.2) is 32.4 Å². The molecule has 0 aliphatic carbocycles. The molecule has 0 bridgehead atoms. The van der Waals surface area contributed by atoms with E-state index in [1.165, 1.54) is 0 Å². The first kappa shape index (κ1) is 17.7. The van der Waals surface area contributed by atoms with Gasteiger partial charge >= 0.3 is 29.6 Å². The molecule has 0 radical (unpaired) electrons. The van der Waals surface area contributed by atoms with Gasteiger partial charge in [-0.15, -0.1) is 0 Å². The maximum Gasteiger partial charge on any atom is 1.00 e. The van der Waals surface area contributed by atoms with Crippen LogP contribution in [-0.2, 0) is 10.1 Å². The summed E-state index contributed by atoms with van der Waals surface area (Å²) in [5, 5.41) is 3.05. The second kappa shape index (κ2) is 8.01. The van der Waals surface area contributed by atoms with Gasteiger partial charge in [0, 0.05) is 12.3 Å². The number of hydrogen-bond acceptors (Lipinski definition) is 5. The molecule has 0 atom stereocenters. The molecule has 1 N–H and O–H groups in total. The van der Waals surface area contributed by atoms with Crippen LogP contribution >= 0.6 is 0 Å². The number of hydrogen-bond donors (Lipinski definition) is 1. The summed E-state index contributed by atoms with van der Waals surface area (Å²) in [6.45, 7) is 2.37. The zero-order chi connectivity index (χ0) is 12.9. The molecule has 0 unspecified atom stereocenters. The van der Waals surface area contributed by atoms with Gasteiger partial charge in [0.25, 0.3) is 0 Å². The van der Waals surface area contributed by atoms with E-state index in [0.29, 0.717) is 12.3 Å². The molecule has 0 fully saturated rings. The van der Waals surface area contributed by atoms with Gasteiger partial charge < -0.3 is 14.6 Å². The van der Waals surface area contributed by atoms with E-state index in [0.717, 1.165) is 11.3 Å². The SMILES string of the molecule is COc1ccc(C)cc1NCCCS(=O)(=O)[O-].[Na+]. The molecule has 0 saturated heterocycles. The Labute approximate surface area is 130 Å². The van der Waals surface area contributed by atoms with Gasteiger partial charge in [0.15, 0.2) is 0 Å². The molecule has 7 heteroatoms. The Bertz CT molecular complexity index is 476. The Morgan fingerprint density at radius 2 is 2.06 bits per heavy atom. The molecular formula is C11H16NNaO4S. The molecule has 0 aliphatic rings. The summed E-state index contributed by atoms with van der Waals surface area (Å²) in [6.07, 6.45) is 0.281. The van der Waals surface area contributed by atoms with Crippen molar-refractivity contribution in [2.45, 2.75) is 13.3 Å². The molecule has 0 amide bonds. The van der Waals surface area contributed by atoms with Crippen molar-refractivity contribution >= 4 is 15.8 Å². The standard InChI is InChI=1S/C11H17NO4S.Na/c1-9-4-5-11(16-2)10(8-9)12-6-3-7-17(13,14)15;/h4-5,8,12H,3,6-7H2,1-2H3,(H,13,14,15);/q;+1/p-1. The molecule has 1 aromatic carbocycles. The van der Waals surface area contributed by atoms with Crippen LogP contribution in [0, 0.1) is 6.92 Å². The van der Waals surface area contributed by atoms with Gasteiger partial charge in [0.2, 0.25) is 0 Å². The van der Waals surface area contributed by atoms with E-state index >= 15 is 0 Å². The molecule has 0 aromatic heterocycles. The molecular weight excluding hydrogens is 265 g/mol. The monoisotopic (exact) mass is 281 g/mol. The summed E-state index contributed by atoms with van der Waals surface area (Å²) in [7, 11) is -2.56. The van der Waals surface area contributed by atoms with Crippen LogP contribution in [0.1, 0.15) is 12.0 Å². The van der Waals surface area contributed by atoms with Crippen LogP contribution in [0.3, 0.4) is 0 Å². The molecule has 18 heavy (non-hydrogen) atoms. The number of methoxy groups -OCH3 is 1. The number of aryl methyl sites for hydroxylation is 1. The second-order valence-electron chi connectivity index (χ2n) is 3.75. The van der Waals surface area contributed by atoms with E-state index in [9.17, 15) is 13.0 Å². The van der Waals surface area contributed by atoms with E-state index in [2.05, 4.69) is 5.32 Å². The zero-order valence-electron chi connectivity index (χ0n) is 10.9. The van der Waals surface area contributed by atoms with Gasteiger partial charge in [0.1, 0.15) is 5.75 Å². The van der Waals surface area contributed by atoms with Crippen molar-refractivity contribution in [3.63, 3.8) is 0 Å². The fourth-order valence-corrected chi connectivity index (χ4v) is 1.93. The average molecular weight is 281 g/mol. The molecule has 0 heterocycles. The normalized spacial score (nSPS) is 10.6. The van der Waals surface area contributed by atoms with Crippen LogP contribution in [0.4, 0.5) is 5.69 Å². The fraction of sp³-hybridized carbons (Fsp3) is 0.455. The Kier molecular flexibility index (Phi) is 7.89. The molecule has 0 saturated carbocycles. The van der Waals surface area contributed by atoms with Crippen molar-refractivity contribution in [1.82, 2.24) is 0 Å². The van der Waals surface area contributed by atoms with Crippen LogP contribution in [0.2, 0.25) is 0 Å². The minimum Gasteiger partial charge on any atom is -0.748 e. The summed E-state index contributed by atoms with van der Waals surface area (Å²) in [5.41, 5.74) is 1.88. The van der Waals surface area contributed by atoms with Gasteiger partial charge in [-0.3, -0.25) is 0 Å². The maximum absolute atomic E-state index is 10.4. The smallest absolute Gasteiger partial charge is 0.748 e. The molecule has 1 aromatic rings. The summed E-state index contributed by atoms with van der Waals surface area (Å²) in [4.78, 5) is 0. The van der Waals surface area contributed by atoms with Crippen molar-refractivity contribution in [3.05, 3.63) is 23.8 Å². The zero-order valence-corrected chi connectivity index (χ0v) is 13.7. The molecule has 1 rings (SSSR count). The quantitative estimate of drug-likeness (QED) is 0.384. The van der Waals surface area contributed by atoms with Crippen LogP contribution in [0.25, 0.3) is 0 Å². The van der Waals surface area contributed by atoms with Gasteiger partial charge in [0.05, 0.1) is 22.9 Å². The van der Waals surface area contributed by atoms with Crippen molar-refractivity contribution in [2.24, 2.45) is 0 Å². The van der Waals surface area contributed by atoms with Gasteiger partial charge in [-0.2, -0.15) is 0 Å². The van der Waals surface area contributed by atoms with Crippen LogP contribution < -0.4 is 39.6 Å². The second-order valence-corrected chi connectivity index (χ2v) is 5.27. The van der Waals surface area contributed by atoms with E-state index in [4.69, 9.17) is 4.74 Å². The minimum absolute atomic E-state index is 0. The third kappa shape index (κ3) is 6.61. The predicted molar refractivity (Wildman–Crippen MR) is 65.4 cm³/mol. The predicted octanol–water partition coefficient (Wildman–Crippen LogP) is -1.65. The van der Waals surface area contributed by atoms with E-state index < -0.39 is 10.1 Å². The molecule has 0 aliphatic heterocycles. The van der Waals surface area contributed by atoms with Gasteiger partial charge in [-0.25, -0.2) is 8.42 Å². The summed E-state index contributed by atoms with van der Waals surface area (Å²) < 4.78 is 36.4. The third-order valence-corrected chi connectivity index (χ3v) is 3.03. The Hall–Kier alpha value is -0.270. The number of rotatable bonds is 6. The van der Waals surface area contributed by atoms with Crippen LogP contribution in [0.15, 0.2) is 18.2 Å². The van der Waals surface area contributed by atoms with Gasteiger partial charge in [-0.1, -0.05) is 6.07 Å². The Morgan fingerprint density at radius 1 is 1.39 bits per heavy atom. The van der Waals surface area contributed by atoms with E-state index in [-0.39, 0.29) is 41.7 Å². The Balaban J connectivity index is 0.00000289. The van der Waals surface area contributed by atoms with Crippen molar-refractivity contribution in [2.75, 3.05) is 24.7 Å².